The molecule has 0 heterocycles. The van der Waals surface area contributed by atoms with Crippen molar-refractivity contribution < 1.29 is 35.2 Å². The third-order valence-corrected chi connectivity index (χ3v) is 7.39. The van der Waals surface area contributed by atoms with Crippen molar-refractivity contribution in [2.75, 3.05) is 20.8 Å². The van der Waals surface area contributed by atoms with Crippen molar-refractivity contribution in [2.24, 2.45) is 0 Å². The van der Waals surface area contributed by atoms with Crippen molar-refractivity contribution >= 4 is 8.80 Å². The van der Waals surface area contributed by atoms with Gasteiger partial charge >= 0.3 is 8.80 Å². The Morgan fingerprint density at radius 3 is 1.59 bits per heavy atom. The minimum Gasteiger partial charge on any atom is -0.377 e. The van der Waals surface area contributed by atoms with E-state index >= 15 is 0 Å². The molecule has 9 heteroatoms. The summed E-state index contributed by atoms with van der Waals surface area (Å²) in [5.74, 6) is -9.36. The molecule has 3 nitrogen and oxygen atoms in total. The number of benzene rings is 1. The SMILES string of the molecule is CCO[Si](CCCCCCCCc1c(F)c(F)c(F)c(F)c1F)(OC)OC. The minimum absolute atomic E-state index is 0.181. The second-order valence-electron chi connectivity index (χ2n) is 6.19. The number of halogens is 5. The van der Waals surface area contributed by atoms with Crippen LogP contribution < -0.4 is 0 Å². The van der Waals surface area contributed by atoms with Gasteiger partial charge in [-0.3, -0.25) is 0 Å². The fourth-order valence-electron chi connectivity index (χ4n) is 2.92. The van der Waals surface area contributed by atoms with Crippen molar-refractivity contribution in [3.05, 3.63) is 34.6 Å². The number of unbranched alkanes of at least 4 members (excludes halogenated alkanes) is 5. The Hall–Kier alpha value is -1.03. The Bertz CT molecular complexity index is 568. The molecule has 0 aliphatic heterocycles. The first-order valence-electron chi connectivity index (χ1n) is 9.08. The fourth-order valence-corrected chi connectivity index (χ4v) is 5.00. The maximum absolute atomic E-state index is 13.6. The zero-order valence-electron chi connectivity index (χ0n) is 16.0. The third-order valence-electron chi connectivity index (χ3n) is 4.45. The lowest BCUT2D eigenvalue weighted by atomic mass is 10.0. The van der Waals surface area contributed by atoms with Crippen LogP contribution in [0, 0.1) is 29.1 Å². The summed E-state index contributed by atoms with van der Waals surface area (Å²) >= 11 is 0. The van der Waals surface area contributed by atoms with Crippen molar-refractivity contribution in [1.82, 2.24) is 0 Å². The average Bonchev–Trinajstić information content (AvgIpc) is 2.68. The van der Waals surface area contributed by atoms with Crippen molar-refractivity contribution in [2.45, 2.75) is 57.9 Å². The summed E-state index contributed by atoms with van der Waals surface area (Å²) in [7, 11) is 0.572. The molecule has 156 valence electrons. The predicted octanol–water partition coefficient (Wildman–Crippen LogP) is 5.53. The van der Waals surface area contributed by atoms with E-state index in [9.17, 15) is 22.0 Å². The maximum atomic E-state index is 13.6. The van der Waals surface area contributed by atoms with Crippen LogP contribution in [-0.4, -0.2) is 29.6 Å². The van der Waals surface area contributed by atoms with Crippen molar-refractivity contribution in [1.29, 1.82) is 0 Å². The summed E-state index contributed by atoms with van der Waals surface area (Å²) < 4.78 is 82.8. The topological polar surface area (TPSA) is 27.7 Å². The van der Waals surface area contributed by atoms with E-state index in [0.717, 1.165) is 25.7 Å². The van der Waals surface area contributed by atoms with Crippen LogP contribution in [0.15, 0.2) is 0 Å². The van der Waals surface area contributed by atoms with Crippen LogP contribution in [-0.2, 0) is 19.7 Å². The average molecular weight is 414 g/mol. The highest BCUT2D eigenvalue weighted by Crippen LogP contribution is 2.25. The molecule has 0 N–H and O–H groups in total. The normalized spacial score (nSPS) is 12.0. The van der Waals surface area contributed by atoms with Crippen LogP contribution >= 0.6 is 0 Å². The van der Waals surface area contributed by atoms with Gasteiger partial charge in [-0.25, -0.2) is 22.0 Å². The van der Waals surface area contributed by atoms with E-state index in [0.29, 0.717) is 25.5 Å². The van der Waals surface area contributed by atoms with E-state index in [1.165, 1.54) is 0 Å². The summed E-state index contributed by atoms with van der Waals surface area (Å²) in [4.78, 5) is 0. The zero-order valence-corrected chi connectivity index (χ0v) is 17.0. The lowest BCUT2D eigenvalue weighted by molar-refractivity contribution is 0.103. The first-order valence-corrected chi connectivity index (χ1v) is 11.0. The van der Waals surface area contributed by atoms with Gasteiger partial charge in [0, 0.05) is 32.4 Å². The molecule has 0 unspecified atom stereocenters. The monoisotopic (exact) mass is 414 g/mol. The summed E-state index contributed by atoms with van der Waals surface area (Å²) in [6.07, 6.45) is 4.29. The Balaban J connectivity index is 2.33. The van der Waals surface area contributed by atoms with Gasteiger partial charge in [0.15, 0.2) is 23.3 Å². The second-order valence-corrected chi connectivity index (χ2v) is 9.17. The molecule has 27 heavy (non-hydrogen) atoms. The van der Waals surface area contributed by atoms with E-state index in [1.54, 1.807) is 14.2 Å². The van der Waals surface area contributed by atoms with Gasteiger partial charge in [0.05, 0.1) is 0 Å². The number of hydrogen-bond acceptors (Lipinski definition) is 3. The molecular formula is C18H27F5O3Si. The van der Waals surface area contributed by atoms with Gasteiger partial charge in [-0.05, 0) is 26.2 Å². The molecule has 1 rings (SSSR count). The first-order chi connectivity index (χ1) is 12.8. The van der Waals surface area contributed by atoms with Crippen molar-refractivity contribution in [3.63, 3.8) is 0 Å². The van der Waals surface area contributed by atoms with E-state index in [-0.39, 0.29) is 6.42 Å². The molecule has 0 radical (unpaired) electrons. The van der Waals surface area contributed by atoms with Crippen LogP contribution in [0.2, 0.25) is 6.04 Å². The van der Waals surface area contributed by atoms with Crippen LogP contribution in [0.3, 0.4) is 0 Å². The molecule has 0 spiro atoms. The predicted molar refractivity (Wildman–Crippen MR) is 93.8 cm³/mol. The largest absolute Gasteiger partial charge is 0.500 e. The molecule has 1 aromatic carbocycles. The van der Waals surface area contributed by atoms with Gasteiger partial charge < -0.3 is 13.3 Å². The van der Waals surface area contributed by atoms with Crippen molar-refractivity contribution in [3.8, 4) is 0 Å². The van der Waals surface area contributed by atoms with Gasteiger partial charge in [0.2, 0.25) is 5.82 Å². The fraction of sp³-hybridized carbons (Fsp3) is 0.667. The van der Waals surface area contributed by atoms with E-state index in [2.05, 4.69) is 0 Å². The molecule has 0 amide bonds. The number of rotatable bonds is 13. The van der Waals surface area contributed by atoms with E-state index in [1.807, 2.05) is 6.92 Å². The van der Waals surface area contributed by atoms with Gasteiger partial charge in [-0.2, -0.15) is 0 Å². The molecule has 0 saturated heterocycles. The lowest BCUT2D eigenvalue weighted by Gasteiger charge is -2.25. The number of hydrogen-bond donors (Lipinski definition) is 0. The Morgan fingerprint density at radius 2 is 1.11 bits per heavy atom. The van der Waals surface area contributed by atoms with Gasteiger partial charge in [-0.1, -0.05) is 25.7 Å². The molecule has 0 fully saturated rings. The smallest absolute Gasteiger partial charge is 0.377 e. The van der Waals surface area contributed by atoms with Gasteiger partial charge in [-0.15, -0.1) is 0 Å². The highest BCUT2D eigenvalue weighted by molar-refractivity contribution is 6.60. The van der Waals surface area contributed by atoms with E-state index in [4.69, 9.17) is 13.3 Å². The summed E-state index contributed by atoms with van der Waals surface area (Å²) in [5, 5.41) is 0. The maximum Gasteiger partial charge on any atom is 0.500 e. The van der Waals surface area contributed by atoms with Gasteiger partial charge in [0.1, 0.15) is 0 Å². The summed E-state index contributed by atoms with van der Waals surface area (Å²) in [6, 6.07) is 0.707. The standard InChI is InChI=1S/C18H27F5O3Si/c1-4-26-27(24-2,25-3)12-10-8-6-5-7-9-11-13-14(19)16(21)18(23)17(22)15(13)20/h4-12H2,1-3H3. The molecule has 0 aliphatic rings. The van der Waals surface area contributed by atoms with Gasteiger partial charge in [0.25, 0.3) is 0 Å². The molecule has 0 aliphatic carbocycles. The highest BCUT2D eigenvalue weighted by Gasteiger charge is 2.37. The first kappa shape index (κ1) is 24.0. The molecule has 0 atom stereocenters. The summed E-state index contributed by atoms with van der Waals surface area (Å²) in [5.41, 5.74) is -0.737. The zero-order chi connectivity index (χ0) is 20.4. The van der Waals surface area contributed by atoms with Crippen LogP contribution in [0.5, 0.6) is 0 Å². The van der Waals surface area contributed by atoms with Crippen LogP contribution in [0.4, 0.5) is 22.0 Å². The Morgan fingerprint density at radius 1 is 0.667 bits per heavy atom. The molecule has 1 aromatic rings. The summed E-state index contributed by atoms with van der Waals surface area (Å²) in [6.45, 7) is 2.40. The lowest BCUT2D eigenvalue weighted by Crippen LogP contribution is -2.43. The third kappa shape index (κ3) is 6.51. The quantitative estimate of drug-likeness (QED) is 0.140. The molecule has 0 aromatic heterocycles. The minimum atomic E-state index is -2.58. The molecule has 0 bridgehead atoms. The Labute approximate surface area is 158 Å². The van der Waals surface area contributed by atoms with Crippen LogP contribution in [0.1, 0.15) is 51.0 Å². The Kier molecular flexibility index (Phi) is 10.4. The highest BCUT2D eigenvalue weighted by atomic mass is 28.4. The van der Waals surface area contributed by atoms with Crippen LogP contribution in [0.25, 0.3) is 0 Å². The second kappa shape index (κ2) is 11.7. The molecular weight excluding hydrogens is 387 g/mol. The van der Waals surface area contributed by atoms with E-state index < -0.39 is 43.5 Å². The molecule has 0 saturated carbocycles.